The number of rotatable bonds is 6. The minimum Gasteiger partial charge on any atom is -0.493 e. The Kier molecular flexibility index (Phi) is 5.30. The van der Waals surface area contributed by atoms with Crippen LogP contribution in [-0.4, -0.2) is 19.6 Å². The van der Waals surface area contributed by atoms with Gasteiger partial charge in [0, 0.05) is 18.2 Å². The van der Waals surface area contributed by atoms with Crippen LogP contribution < -0.4 is 14.8 Å². The second-order valence-electron chi connectivity index (χ2n) is 4.45. The zero-order valence-corrected chi connectivity index (χ0v) is 11.9. The van der Waals surface area contributed by atoms with Gasteiger partial charge in [0.15, 0.2) is 18.1 Å². The number of ether oxygens (including phenoxy) is 2. The van der Waals surface area contributed by atoms with Gasteiger partial charge in [-0.15, -0.1) is 0 Å². The summed E-state index contributed by atoms with van der Waals surface area (Å²) in [6.45, 7) is -0.274. The number of para-hydroxylation sites is 2. The molecule has 2 aromatic carbocycles. The molecule has 1 N–H and O–H groups in total. The van der Waals surface area contributed by atoms with E-state index in [0.717, 1.165) is 12.1 Å². The number of halogens is 2. The van der Waals surface area contributed by atoms with Crippen molar-refractivity contribution in [2.45, 2.75) is 6.54 Å². The number of hydrogen-bond donors (Lipinski definition) is 1. The number of hydrogen-bond acceptors (Lipinski definition) is 3. The minimum atomic E-state index is -0.703. The minimum absolute atomic E-state index is 0.0414. The van der Waals surface area contributed by atoms with Crippen molar-refractivity contribution < 1.29 is 23.0 Å². The van der Waals surface area contributed by atoms with Crippen LogP contribution >= 0.6 is 0 Å². The fraction of sp³-hybridized carbons (Fsp3) is 0.188. The molecule has 0 heterocycles. The monoisotopic (exact) mass is 307 g/mol. The van der Waals surface area contributed by atoms with Crippen molar-refractivity contribution >= 4 is 5.91 Å². The number of methoxy groups -OCH3 is 1. The van der Waals surface area contributed by atoms with Crippen LogP contribution in [0.2, 0.25) is 0 Å². The lowest BCUT2D eigenvalue weighted by Gasteiger charge is -2.10. The van der Waals surface area contributed by atoms with Gasteiger partial charge in [-0.1, -0.05) is 18.2 Å². The van der Waals surface area contributed by atoms with E-state index in [4.69, 9.17) is 9.47 Å². The van der Waals surface area contributed by atoms with Crippen LogP contribution in [-0.2, 0) is 11.3 Å². The predicted molar refractivity (Wildman–Crippen MR) is 76.7 cm³/mol. The Morgan fingerprint density at radius 3 is 2.55 bits per heavy atom. The second kappa shape index (κ2) is 7.40. The molecular weight excluding hydrogens is 292 g/mol. The average molecular weight is 307 g/mol. The van der Waals surface area contributed by atoms with Gasteiger partial charge in [-0.05, 0) is 18.2 Å². The van der Waals surface area contributed by atoms with Gasteiger partial charge in [-0.2, -0.15) is 0 Å². The van der Waals surface area contributed by atoms with E-state index >= 15 is 0 Å². The summed E-state index contributed by atoms with van der Waals surface area (Å²) in [5.41, 5.74) is 0.201. The molecule has 0 aliphatic rings. The summed E-state index contributed by atoms with van der Waals surface area (Å²) >= 11 is 0. The Bertz CT molecular complexity index is 662. The molecule has 6 heteroatoms. The van der Waals surface area contributed by atoms with Crippen molar-refractivity contribution in [3.05, 3.63) is 59.7 Å². The maximum absolute atomic E-state index is 13.4. The summed E-state index contributed by atoms with van der Waals surface area (Å²) in [6, 6.07) is 10.1. The van der Waals surface area contributed by atoms with Crippen LogP contribution in [0, 0.1) is 11.6 Å². The average Bonchev–Trinajstić information content (AvgIpc) is 2.52. The summed E-state index contributed by atoms with van der Waals surface area (Å²) in [5, 5.41) is 2.50. The van der Waals surface area contributed by atoms with Gasteiger partial charge in [0.25, 0.3) is 5.91 Å². The molecule has 116 valence electrons. The van der Waals surface area contributed by atoms with Gasteiger partial charge in [0.1, 0.15) is 11.6 Å². The molecule has 0 fully saturated rings. The van der Waals surface area contributed by atoms with E-state index in [1.165, 1.54) is 13.2 Å². The van der Waals surface area contributed by atoms with E-state index in [9.17, 15) is 13.6 Å². The number of carbonyl (C=O) groups is 1. The van der Waals surface area contributed by atoms with Crippen LogP contribution in [0.5, 0.6) is 11.5 Å². The van der Waals surface area contributed by atoms with Crippen LogP contribution in [0.3, 0.4) is 0 Å². The Morgan fingerprint density at radius 1 is 1.14 bits per heavy atom. The van der Waals surface area contributed by atoms with E-state index in [1.54, 1.807) is 24.3 Å². The van der Waals surface area contributed by atoms with Gasteiger partial charge in [-0.25, -0.2) is 8.78 Å². The highest BCUT2D eigenvalue weighted by Gasteiger charge is 2.08. The summed E-state index contributed by atoms with van der Waals surface area (Å²) in [6.07, 6.45) is 0. The molecular formula is C16H15F2NO3. The van der Waals surface area contributed by atoms with Gasteiger partial charge < -0.3 is 14.8 Å². The zero-order chi connectivity index (χ0) is 15.9. The van der Waals surface area contributed by atoms with Gasteiger partial charge in [-0.3, -0.25) is 4.79 Å². The Hall–Kier alpha value is -2.63. The maximum atomic E-state index is 13.4. The highest BCUT2D eigenvalue weighted by molar-refractivity contribution is 5.77. The van der Waals surface area contributed by atoms with E-state index in [-0.39, 0.29) is 18.7 Å². The second-order valence-corrected chi connectivity index (χ2v) is 4.45. The summed E-state index contributed by atoms with van der Waals surface area (Å²) in [7, 11) is 1.50. The third kappa shape index (κ3) is 4.18. The summed E-state index contributed by atoms with van der Waals surface area (Å²) in [4.78, 5) is 11.7. The molecule has 0 aliphatic carbocycles. The Morgan fingerprint density at radius 2 is 1.86 bits per heavy atom. The number of benzene rings is 2. The fourth-order valence-corrected chi connectivity index (χ4v) is 1.79. The molecule has 0 bridgehead atoms. The first-order chi connectivity index (χ1) is 10.6. The van der Waals surface area contributed by atoms with Crippen molar-refractivity contribution in [1.82, 2.24) is 5.32 Å². The molecule has 0 aliphatic heterocycles. The lowest BCUT2D eigenvalue weighted by Crippen LogP contribution is -2.28. The van der Waals surface area contributed by atoms with Crippen molar-refractivity contribution in [3.63, 3.8) is 0 Å². The molecule has 0 radical (unpaired) electrons. The van der Waals surface area contributed by atoms with Crippen molar-refractivity contribution in [3.8, 4) is 11.5 Å². The van der Waals surface area contributed by atoms with Gasteiger partial charge >= 0.3 is 0 Å². The molecule has 22 heavy (non-hydrogen) atoms. The van der Waals surface area contributed by atoms with Gasteiger partial charge in [0.2, 0.25) is 0 Å². The summed E-state index contributed by atoms with van der Waals surface area (Å²) in [5.74, 6) is -0.833. The standard InChI is InChI=1S/C16H15F2NO3/c1-21-14-4-2-3-5-15(14)22-10-16(20)19-9-11-6-7-12(17)8-13(11)18/h2-8H,9-10H2,1H3,(H,19,20). The van der Waals surface area contributed by atoms with E-state index in [0.29, 0.717) is 11.5 Å². The summed E-state index contributed by atoms with van der Waals surface area (Å²) < 4.78 is 36.6. The zero-order valence-electron chi connectivity index (χ0n) is 11.9. The molecule has 0 aromatic heterocycles. The molecule has 0 saturated heterocycles. The van der Waals surface area contributed by atoms with Crippen molar-refractivity contribution in [2.75, 3.05) is 13.7 Å². The fourth-order valence-electron chi connectivity index (χ4n) is 1.79. The molecule has 4 nitrogen and oxygen atoms in total. The highest BCUT2D eigenvalue weighted by atomic mass is 19.1. The number of amides is 1. The van der Waals surface area contributed by atoms with E-state index in [2.05, 4.69) is 5.32 Å². The van der Waals surface area contributed by atoms with Crippen LogP contribution in [0.4, 0.5) is 8.78 Å². The van der Waals surface area contributed by atoms with Crippen LogP contribution in [0.15, 0.2) is 42.5 Å². The van der Waals surface area contributed by atoms with E-state index < -0.39 is 17.5 Å². The third-order valence-corrected chi connectivity index (χ3v) is 2.92. The Labute approximate surface area is 126 Å². The van der Waals surface area contributed by atoms with Crippen LogP contribution in [0.25, 0.3) is 0 Å². The van der Waals surface area contributed by atoms with Crippen molar-refractivity contribution in [2.24, 2.45) is 0 Å². The lowest BCUT2D eigenvalue weighted by atomic mass is 10.2. The van der Waals surface area contributed by atoms with Crippen LogP contribution in [0.1, 0.15) is 5.56 Å². The quantitative estimate of drug-likeness (QED) is 0.892. The first-order valence-electron chi connectivity index (χ1n) is 6.56. The number of nitrogens with one attached hydrogen (secondary N) is 1. The molecule has 0 unspecified atom stereocenters. The first-order valence-corrected chi connectivity index (χ1v) is 6.56. The maximum Gasteiger partial charge on any atom is 0.258 e. The number of carbonyl (C=O) groups excluding carboxylic acids is 1. The lowest BCUT2D eigenvalue weighted by molar-refractivity contribution is -0.123. The Balaban J connectivity index is 1.85. The van der Waals surface area contributed by atoms with Gasteiger partial charge in [0.05, 0.1) is 7.11 Å². The molecule has 1 amide bonds. The first kappa shape index (κ1) is 15.8. The van der Waals surface area contributed by atoms with Crippen molar-refractivity contribution in [1.29, 1.82) is 0 Å². The molecule has 2 rings (SSSR count). The SMILES string of the molecule is COc1ccccc1OCC(=O)NCc1ccc(F)cc1F. The third-order valence-electron chi connectivity index (χ3n) is 2.92. The van der Waals surface area contributed by atoms with E-state index in [1.807, 2.05) is 0 Å². The molecule has 0 saturated carbocycles. The smallest absolute Gasteiger partial charge is 0.258 e. The highest BCUT2D eigenvalue weighted by Crippen LogP contribution is 2.25. The largest absolute Gasteiger partial charge is 0.493 e. The normalized spacial score (nSPS) is 10.1. The molecule has 0 atom stereocenters. The predicted octanol–water partition coefficient (Wildman–Crippen LogP) is 2.67. The molecule has 0 spiro atoms. The molecule has 2 aromatic rings. The topological polar surface area (TPSA) is 47.6 Å².